The van der Waals surface area contributed by atoms with Crippen molar-refractivity contribution < 1.29 is 13.9 Å². The van der Waals surface area contributed by atoms with Crippen LogP contribution in [0, 0.1) is 11.6 Å². The number of aromatic nitrogens is 3. The number of aromatic hydroxyl groups is 1. The zero-order valence-electron chi connectivity index (χ0n) is 13.7. The summed E-state index contributed by atoms with van der Waals surface area (Å²) in [6.07, 6.45) is 2.77. The van der Waals surface area contributed by atoms with Crippen LogP contribution in [0.2, 0.25) is 0 Å². The summed E-state index contributed by atoms with van der Waals surface area (Å²) < 4.78 is 28.6. The normalized spacial score (nSPS) is 16.8. The number of thiazole rings is 1. The number of rotatable bonds is 4. The Kier molecular flexibility index (Phi) is 4.16. The lowest BCUT2D eigenvalue weighted by molar-refractivity contribution is 0.276. The van der Waals surface area contributed by atoms with Crippen LogP contribution in [0.3, 0.4) is 0 Å². The maximum Gasteiger partial charge on any atom is 0.230 e. The number of fused-ring (bicyclic) bond motifs is 1. The van der Waals surface area contributed by atoms with Gasteiger partial charge >= 0.3 is 0 Å². The average Bonchev–Trinajstić information content (AvgIpc) is 3.31. The fourth-order valence-corrected chi connectivity index (χ4v) is 4.46. The van der Waals surface area contributed by atoms with Gasteiger partial charge in [-0.1, -0.05) is 24.3 Å². The van der Waals surface area contributed by atoms with Gasteiger partial charge in [0, 0.05) is 6.42 Å². The fraction of sp³-hybridized carbons (Fsp3) is 0.412. The summed E-state index contributed by atoms with van der Waals surface area (Å²) in [6.45, 7) is 3.64. The van der Waals surface area contributed by atoms with Gasteiger partial charge in [-0.15, -0.1) is 5.10 Å². The molecule has 4 rings (SSSR count). The Labute approximate surface area is 147 Å². The van der Waals surface area contributed by atoms with E-state index in [1.807, 2.05) is 6.92 Å². The summed E-state index contributed by atoms with van der Waals surface area (Å²) in [7, 11) is 0. The lowest BCUT2D eigenvalue weighted by Gasteiger charge is -2.27. The van der Waals surface area contributed by atoms with Gasteiger partial charge in [-0.3, -0.25) is 4.90 Å². The van der Waals surface area contributed by atoms with Gasteiger partial charge in [0.15, 0.2) is 17.5 Å². The molecule has 0 saturated carbocycles. The third-order valence-electron chi connectivity index (χ3n) is 4.57. The summed E-state index contributed by atoms with van der Waals surface area (Å²) in [6, 6.07) is 3.59. The van der Waals surface area contributed by atoms with E-state index in [9.17, 15) is 13.9 Å². The number of nitrogens with zero attached hydrogens (tertiary/aromatic N) is 4. The van der Waals surface area contributed by atoms with Crippen molar-refractivity contribution in [2.75, 3.05) is 13.1 Å². The number of aryl methyl sites for hydroxylation is 1. The zero-order valence-corrected chi connectivity index (χ0v) is 14.6. The molecule has 1 saturated heterocycles. The average molecular weight is 364 g/mol. The van der Waals surface area contributed by atoms with Crippen molar-refractivity contribution in [3.63, 3.8) is 0 Å². The Hall–Kier alpha value is -2.06. The van der Waals surface area contributed by atoms with Crippen molar-refractivity contribution in [1.29, 1.82) is 0 Å². The molecule has 1 atom stereocenters. The second kappa shape index (κ2) is 6.34. The molecule has 1 aliphatic heterocycles. The van der Waals surface area contributed by atoms with Crippen LogP contribution in [-0.4, -0.2) is 37.7 Å². The molecule has 0 amide bonds. The minimum atomic E-state index is -0.881. The van der Waals surface area contributed by atoms with Crippen LogP contribution in [0.1, 0.15) is 42.1 Å². The van der Waals surface area contributed by atoms with Crippen LogP contribution in [0.5, 0.6) is 5.88 Å². The van der Waals surface area contributed by atoms with Crippen LogP contribution >= 0.6 is 11.3 Å². The summed E-state index contributed by atoms with van der Waals surface area (Å²) in [4.78, 5) is 7.85. The van der Waals surface area contributed by atoms with Crippen molar-refractivity contribution >= 4 is 16.3 Å². The maximum atomic E-state index is 13.8. The summed E-state index contributed by atoms with van der Waals surface area (Å²) in [5.74, 6) is -1.07. The lowest BCUT2D eigenvalue weighted by Crippen LogP contribution is -2.26. The molecule has 0 radical (unpaired) electrons. The first kappa shape index (κ1) is 16.4. The fourth-order valence-electron chi connectivity index (χ4n) is 3.33. The van der Waals surface area contributed by atoms with E-state index >= 15 is 0 Å². The summed E-state index contributed by atoms with van der Waals surface area (Å²) in [5, 5.41) is 15.0. The van der Waals surface area contributed by atoms with E-state index in [4.69, 9.17) is 0 Å². The number of likely N-dealkylation sites (tertiary alicyclic amines) is 1. The highest BCUT2D eigenvalue weighted by Gasteiger charge is 2.31. The van der Waals surface area contributed by atoms with E-state index in [0.717, 1.165) is 32.0 Å². The second-order valence-electron chi connectivity index (χ2n) is 6.19. The first-order chi connectivity index (χ1) is 12.1. The van der Waals surface area contributed by atoms with Gasteiger partial charge in [0.2, 0.25) is 10.8 Å². The van der Waals surface area contributed by atoms with Gasteiger partial charge in [0.05, 0.1) is 10.9 Å². The molecule has 1 aromatic carbocycles. The number of halogens is 2. The van der Waals surface area contributed by atoms with Crippen LogP contribution in [0.4, 0.5) is 8.78 Å². The molecular weight excluding hydrogens is 346 g/mol. The number of hydrogen-bond donors (Lipinski definition) is 1. The Morgan fingerprint density at radius 1 is 1.24 bits per heavy atom. The van der Waals surface area contributed by atoms with Crippen LogP contribution < -0.4 is 0 Å². The molecule has 0 spiro atoms. The predicted octanol–water partition coefficient (Wildman–Crippen LogP) is 3.52. The Morgan fingerprint density at radius 3 is 2.64 bits per heavy atom. The maximum absolute atomic E-state index is 13.8. The van der Waals surface area contributed by atoms with Gasteiger partial charge in [-0.25, -0.2) is 13.8 Å². The molecular formula is C17H18F2N4OS. The molecule has 5 nitrogen and oxygen atoms in total. The highest BCUT2D eigenvalue weighted by atomic mass is 32.1. The van der Waals surface area contributed by atoms with Crippen molar-refractivity contribution in [3.8, 4) is 5.88 Å². The SMILES string of the molecule is CCc1nc2sc(C(c3ccc(F)c(F)c3)N3CCCC3)c(O)n2n1. The molecule has 1 fully saturated rings. The Bertz CT molecular complexity index is 917. The molecule has 2 aromatic heterocycles. The molecule has 8 heteroatoms. The molecule has 1 N–H and O–H groups in total. The van der Waals surface area contributed by atoms with Crippen LogP contribution in [0.15, 0.2) is 18.2 Å². The molecule has 3 aromatic rings. The molecule has 132 valence electrons. The van der Waals surface area contributed by atoms with Crippen LogP contribution in [-0.2, 0) is 6.42 Å². The Balaban J connectivity index is 1.84. The number of hydrogen-bond acceptors (Lipinski definition) is 5. The predicted molar refractivity (Wildman–Crippen MR) is 90.9 cm³/mol. The quantitative estimate of drug-likeness (QED) is 0.770. The zero-order chi connectivity index (χ0) is 17.6. The second-order valence-corrected chi connectivity index (χ2v) is 7.19. The number of benzene rings is 1. The Morgan fingerprint density at radius 2 is 2.00 bits per heavy atom. The van der Waals surface area contributed by atoms with Gasteiger partial charge in [-0.05, 0) is 43.6 Å². The van der Waals surface area contributed by atoms with Crippen molar-refractivity contribution in [2.45, 2.75) is 32.2 Å². The van der Waals surface area contributed by atoms with Crippen LogP contribution in [0.25, 0.3) is 4.96 Å². The summed E-state index contributed by atoms with van der Waals surface area (Å²) >= 11 is 1.34. The minimum absolute atomic E-state index is 0.0221. The van der Waals surface area contributed by atoms with E-state index in [1.54, 1.807) is 6.07 Å². The topological polar surface area (TPSA) is 53.7 Å². The van der Waals surface area contributed by atoms with Gasteiger partial charge in [-0.2, -0.15) is 4.52 Å². The smallest absolute Gasteiger partial charge is 0.230 e. The largest absolute Gasteiger partial charge is 0.492 e. The highest BCUT2D eigenvalue weighted by molar-refractivity contribution is 7.17. The van der Waals surface area contributed by atoms with E-state index in [-0.39, 0.29) is 11.9 Å². The lowest BCUT2D eigenvalue weighted by atomic mass is 10.0. The molecule has 1 unspecified atom stereocenters. The van der Waals surface area contributed by atoms with E-state index in [2.05, 4.69) is 15.0 Å². The minimum Gasteiger partial charge on any atom is -0.492 e. The summed E-state index contributed by atoms with van der Waals surface area (Å²) in [5.41, 5.74) is 0.622. The van der Waals surface area contributed by atoms with Crippen molar-refractivity contribution in [2.24, 2.45) is 0 Å². The highest BCUT2D eigenvalue weighted by Crippen LogP contribution is 2.41. The molecule has 1 aliphatic rings. The first-order valence-corrected chi connectivity index (χ1v) is 9.16. The molecule has 0 aliphatic carbocycles. The standard InChI is InChI=1S/C17H18F2N4OS/c1-2-13-20-17-23(21-13)16(24)15(25-17)14(22-7-3-4-8-22)10-5-6-11(18)12(19)9-10/h5-6,9,14,24H,2-4,7-8H2,1H3. The van der Waals surface area contributed by atoms with Gasteiger partial charge < -0.3 is 5.11 Å². The van der Waals surface area contributed by atoms with Crippen molar-refractivity contribution in [3.05, 3.63) is 46.1 Å². The molecule has 0 bridgehead atoms. The van der Waals surface area contributed by atoms with Gasteiger partial charge in [0.25, 0.3) is 0 Å². The van der Waals surface area contributed by atoms with E-state index in [0.29, 0.717) is 27.6 Å². The van der Waals surface area contributed by atoms with E-state index < -0.39 is 11.6 Å². The molecule has 25 heavy (non-hydrogen) atoms. The third-order valence-corrected chi connectivity index (χ3v) is 5.65. The van der Waals surface area contributed by atoms with Gasteiger partial charge in [0.1, 0.15) is 0 Å². The molecule has 3 heterocycles. The van der Waals surface area contributed by atoms with Crippen molar-refractivity contribution in [1.82, 2.24) is 19.5 Å². The van der Waals surface area contributed by atoms with E-state index in [1.165, 1.54) is 21.9 Å². The first-order valence-electron chi connectivity index (χ1n) is 8.34. The monoisotopic (exact) mass is 364 g/mol. The third kappa shape index (κ3) is 2.79.